The number of hydrogen-bond donors (Lipinski definition) is 1. The van der Waals surface area contributed by atoms with Gasteiger partial charge < -0.3 is 5.73 Å². The summed E-state index contributed by atoms with van der Waals surface area (Å²) in [7, 11) is 0. The molecule has 2 rings (SSSR count). The number of nitrogens with two attached hydrogens (primary N) is 1. The van der Waals surface area contributed by atoms with E-state index in [2.05, 4.69) is 0 Å². The van der Waals surface area contributed by atoms with Crippen LogP contribution in [0.5, 0.6) is 0 Å². The van der Waals surface area contributed by atoms with Gasteiger partial charge in [-0.25, -0.2) is 0 Å². The molecule has 0 bridgehead atoms. The maximum Gasteiger partial charge on any atom is 0.0461 e. The predicted molar refractivity (Wildman–Crippen MR) is 81.6 cm³/mol. The predicted octanol–water partition coefficient (Wildman–Crippen LogP) is 5.18. The van der Waals surface area contributed by atoms with Crippen LogP contribution in [0.15, 0.2) is 41.3 Å². The summed E-state index contributed by atoms with van der Waals surface area (Å²) < 4.78 is 0. The first-order valence-electron chi connectivity index (χ1n) is 5.50. The van der Waals surface area contributed by atoms with Crippen LogP contribution in [-0.2, 0) is 5.75 Å². The van der Waals surface area contributed by atoms with Crippen molar-refractivity contribution < 1.29 is 0 Å². The summed E-state index contributed by atoms with van der Waals surface area (Å²) in [5.74, 6) is 0.753. The molecular formula is C14H13Cl2NS. The van der Waals surface area contributed by atoms with E-state index < -0.39 is 0 Å². The first kappa shape index (κ1) is 13.6. The van der Waals surface area contributed by atoms with Crippen LogP contribution in [0.2, 0.25) is 10.0 Å². The zero-order valence-corrected chi connectivity index (χ0v) is 12.2. The van der Waals surface area contributed by atoms with Gasteiger partial charge in [0.25, 0.3) is 0 Å². The second-order valence-corrected chi connectivity index (χ2v) is 5.85. The summed E-state index contributed by atoms with van der Waals surface area (Å²) in [4.78, 5) is 1.19. The van der Waals surface area contributed by atoms with Gasteiger partial charge >= 0.3 is 0 Å². The van der Waals surface area contributed by atoms with Gasteiger partial charge in [-0.3, -0.25) is 0 Å². The van der Waals surface area contributed by atoms with Crippen LogP contribution in [0.3, 0.4) is 0 Å². The lowest BCUT2D eigenvalue weighted by molar-refractivity contribution is 1.29. The summed E-state index contributed by atoms with van der Waals surface area (Å²) in [5, 5.41) is 1.42. The van der Waals surface area contributed by atoms with Gasteiger partial charge in [-0.05, 0) is 48.4 Å². The highest BCUT2D eigenvalue weighted by atomic mass is 35.5. The van der Waals surface area contributed by atoms with Gasteiger partial charge in [0.2, 0.25) is 0 Å². The average molecular weight is 298 g/mol. The van der Waals surface area contributed by atoms with E-state index in [1.807, 2.05) is 43.3 Å². The molecule has 0 saturated carbocycles. The summed E-state index contributed by atoms with van der Waals surface area (Å²) in [5.41, 5.74) is 8.66. The Kier molecular flexibility index (Phi) is 4.44. The molecule has 0 aromatic heterocycles. The van der Waals surface area contributed by atoms with Crippen molar-refractivity contribution in [3.05, 3.63) is 57.6 Å². The van der Waals surface area contributed by atoms with Crippen molar-refractivity contribution in [2.24, 2.45) is 0 Å². The third-order valence-corrected chi connectivity index (χ3v) is 4.54. The topological polar surface area (TPSA) is 26.0 Å². The Bertz CT molecular complexity index is 549. The van der Waals surface area contributed by atoms with Gasteiger partial charge in [-0.1, -0.05) is 29.3 Å². The third-order valence-electron chi connectivity index (χ3n) is 2.63. The van der Waals surface area contributed by atoms with Gasteiger partial charge in [-0.2, -0.15) is 0 Å². The van der Waals surface area contributed by atoms with Crippen molar-refractivity contribution >= 4 is 40.7 Å². The number of aryl methyl sites for hydroxylation is 1. The molecule has 0 aliphatic rings. The molecule has 2 aromatic carbocycles. The molecule has 0 heterocycles. The van der Waals surface area contributed by atoms with Crippen molar-refractivity contribution in [3.8, 4) is 0 Å². The number of rotatable bonds is 3. The van der Waals surface area contributed by atoms with Gasteiger partial charge in [-0.15, -0.1) is 11.8 Å². The minimum atomic E-state index is 0.711. The molecule has 0 saturated heterocycles. The van der Waals surface area contributed by atoms with E-state index >= 15 is 0 Å². The highest BCUT2D eigenvalue weighted by molar-refractivity contribution is 7.98. The van der Waals surface area contributed by atoms with Crippen molar-refractivity contribution in [1.29, 1.82) is 0 Å². The molecule has 0 aliphatic heterocycles. The lowest BCUT2D eigenvalue weighted by Crippen LogP contribution is -1.89. The van der Waals surface area contributed by atoms with Crippen LogP contribution in [0.4, 0.5) is 5.69 Å². The molecule has 0 aliphatic carbocycles. The molecule has 0 fully saturated rings. The van der Waals surface area contributed by atoms with E-state index in [0.29, 0.717) is 10.0 Å². The zero-order chi connectivity index (χ0) is 13.1. The molecule has 18 heavy (non-hydrogen) atoms. The second kappa shape index (κ2) is 5.87. The van der Waals surface area contributed by atoms with E-state index in [1.54, 1.807) is 11.8 Å². The minimum absolute atomic E-state index is 0.711. The summed E-state index contributed by atoms with van der Waals surface area (Å²) >= 11 is 14.0. The Morgan fingerprint density at radius 2 is 1.78 bits per heavy atom. The number of hydrogen-bond acceptors (Lipinski definition) is 2. The fraction of sp³-hybridized carbons (Fsp3) is 0.143. The Morgan fingerprint density at radius 1 is 1.11 bits per heavy atom. The van der Waals surface area contributed by atoms with Gasteiger partial charge in [0.15, 0.2) is 0 Å². The Hall–Kier alpha value is -0.830. The molecule has 0 atom stereocenters. The van der Waals surface area contributed by atoms with Gasteiger partial charge in [0.05, 0.1) is 0 Å². The van der Waals surface area contributed by atoms with Crippen LogP contribution < -0.4 is 5.73 Å². The number of thioether (sulfide) groups is 1. The van der Waals surface area contributed by atoms with Crippen LogP contribution in [0, 0.1) is 6.92 Å². The molecule has 2 N–H and O–H groups in total. The Balaban J connectivity index is 2.16. The van der Waals surface area contributed by atoms with Crippen LogP contribution in [0.1, 0.15) is 11.1 Å². The average Bonchev–Trinajstić information content (AvgIpc) is 2.31. The maximum atomic E-state index is 6.14. The van der Waals surface area contributed by atoms with E-state index in [0.717, 1.165) is 17.0 Å². The SMILES string of the molecule is Cc1cc(N)ccc1SCc1c(Cl)cccc1Cl. The van der Waals surface area contributed by atoms with Crippen molar-refractivity contribution in [2.75, 3.05) is 5.73 Å². The molecule has 0 unspecified atom stereocenters. The highest BCUT2D eigenvalue weighted by Gasteiger charge is 2.07. The molecule has 0 spiro atoms. The Morgan fingerprint density at radius 3 is 2.39 bits per heavy atom. The molecule has 94 valence electrons. The minimum Gasteiger partial charge on any atom is -0.399 e. The zero-order valence-electron chi connectivity index (χ0n) is 9.91. The first-order valence-corrected chi connectivity index (χ1v) is 7.24. The molecular weight excluding hydrogens is 285 g/mol. The number of halogens is 2. The summed E-state index contributed by atoms with van der Waals surface area (Å²) in [6, 6.07) is 11.5. The fourth-order valence-electron chi connectivity index (χ4n) is 1.65. The van der Waals surface area contributed by atoms with Crippen molar-refractivity contribution in [3.63, 3.8) is 0 Å². The normalized spacial score (nSPS) is 10.6. The third kappa shape index (κ3) is 3.14. The van der Waals surface area contributed by atoms with Crippen LogP contribution in [0.25, 0.3) is 0 Å². The lowest BCUT2D eigenvalue weighted by atomic mass is 10.2. The molecule has 0 amide bonds. The largest absolute Gasteiger partial charge is 0.399 e. The Labute approximate surface area is 121 Å². The summed E-state index contributed by atoms with van der Waals surface area (Å²) in [6.07, 6.45) is 0. The number of benzene rings is 2. The highest BCUT2D eigenvalue weighted by Crippen LogP contribution is 2.33. The van der Waals surface area contributed by atoms with Crippen LogP contribution >= 0.6 is 35.0 Å². The second-order valence-electron chi connectivity index (χ2n) is 4.01. The maximum absolute atomic E-state index is 6.14. The van der Waals surface area contributed by atoms with E-state index in [1.165, 1.54) is 10.5 Å². The number of nitrogen functional groups attached to an aromatic ring is 1. The van der Waals surface area contributed by atoms with Crippen molar-refractivity contribution in [1.82, 2.24) is 0 Å². The molecule has 2 aromatic rings. The summed E-state index contributed by atoms with van der Waals surface area (Å²) in [6.45, 7) is 2.05. The van der Waals surface area contributed by atoms with E-state index in [-0.39, 0.29) is 0 Å². The van der Waals surface area contributed by atoms with E-state index in [9.17, 15) is 0 Å². The smallest absolute Gasteiger partial charge is 0.0461 e. The first-order chi connectivity index (χ1) is 8.58. The number of anilines is 1. The van der Waals surface area contributed by atoms with Crippen LogP contribution in [-0.4, -0.2) is 0 Å². The molecule has 1 nitrogen and oxygen atoms in total. The van der Waals surface area contributed by atoms with Gasteiger partial charge in [0, 0.05) is 26.4 Å². The lowest BCUT2D eigenvalue weighted by Gasteiger charge is -2.09. The quantitative estimate of drug-likeness (QED) is 0.624. The standard InChI is InChI=1S/C14H13Cl2NS/c1-9-7-10(17)5-6-14(9)18-8-11-12(15)3-2-4-13(11)16/h2-7H,8,17H2,1H3. The van der Waals surface area contributed by atoms with Gasteiger partial charge in [0.1, 0.15) is 0 Å². The molecule has 0 radical (unpaired) electrons. The monoisotopic (exact) mass is 297 g/mol. The fourth-order valence-corrected chi connectivity index (χ4v) is 3.41. The molecule has 4 heteroatoms. The van der Waals surface area contributed by atoms with Crippen molar-refractivity contribution in [2.45, 2.75) is 17.6 Å². The van der Waals surface area contributed by atoms with E-state index in [4.69, 9.17) is 28.9 Å².